The zero-order chi connectivity index (χ0) is 30.7. The van der Waals surface area contributed by atoms with Crippen LogP contribution in [0.25, 0.3) is 33.5 Å². The molecule has 1 unspecified atom stereocenters. The van der Waals surface area contributed by atoms with Crippen molar-refractivity contribution in [3.63, 3.8) is 0 Å². The Labute approximate surface area is 262 Å². The quantitative estimate of drug-likeness (QED) is 0.235. The van der Waals surface area contributed by atoms with Gasteiger partial charge in [-0.05, 0) is 85.3 Å². The molecule has 1 saturated carbocycles. The Morgan fingerprint density at radius 3 is 2.51 bits per heavy atom. The predicted octanol–water partition coefficient (Wildman–Crippen LogP) is 5.91. The van der Waals surface area contributed by atoms with Gasteiger partial charge in [0.05, 0.1) is 17.6 Å². The van der Waals surface area contributed by atoms with E-state index in [9.17, 15) is 4.79 Å². The number of hydrazone groups is 1. The first-order valence-electron chi connectivity index (χ1n) is 15.7. The number of likely N-dealkylation sites (N-methyl/N-ethyl adjacent to an activating group) is 1. The lowest BCUT2D eigenvalue weighted by atomic mass is 9.94. The third kappa shape index (κ3) is 4.93. The van der Waals surface area contributed by atoms with Crippen LogP contribution in [-0.4, -0.2) is 65.6 Å². The average molecular weight is 597 g/mol. The lowest BCUT2D eigenvalue weighted by Crippen LogP contribution is -2.44. The summed E-state index contributed by atoms with van der Waals surface area (Å²) in [6.07, 6.45) is 5.32. The SMILES string of the molecule is Cc1c(-c2nc(N)nc3[nH]c(-c4ccc(N5CCN(C)CC5)cc4)cc23)cccc1N1N=Cc2cc(C3CC3)ccc2C1C=O. The molecule has 9 heteroatoms. The van der Waals surface area contributed by atoms with Crippen LogP contribution in [0.5, 0.6) is 0 Å². The molecule has 226 valence electrons. The van der Waals surface area contributed by atoms with Gasteiger partial charge >= 0.3 is 0 Å². The Balaban J connectivity index is 1.14. The van der Waals surface area contributed by atoms with Crippen LogP contribution in [-0.2, 0) is 4.79 Å². The number of nitrogens with two attached hydrogens (primary N) is 1. The van der Waals surface area contributed by atoms with Gasteiger partial charge in [-0.1, -0.05) is 36.4 Å². The van der Waals surface area contributed by atoms with Gasteiger partial charge in [-0.15, -0.1) is 0 Å². The normalized spacial score (nSPS) is 18.4. The molecule has 0 bridgehead atoms. The number of nitrogen functional groups attached to an aromatic ring is 1. The van der Waals surface area contributed by atoms with Crippen molar-refractivity contribution in [1.82, 2.24) is 19.9 Å². The molecular weight excluding hydrogens is 560 g/mol. The van der Waals surface area contributed by atoms with Crippen LogP contribution in [0.4, 0.5) is 17.3 Å². The number of piperazine rings is 1. The fourth-order valence-electron chi connectivity index (χ4n) is 6.75. The number of hydrogen-bond acceptors (Lipinski definition) is 8. The fourth-order valence-corrected chi connectivity index (χ4v) is 6.75. The zero-order valence-electron chi connectivity index (χ0n) is 25.6. The molecule has 3 aromatic carbocycles. The number of carbonyl (C=O) groups is 1. The summed E-state index contributed by atoms with van der Waals surface area (Å²) in [7, 11) is 2.17. The lowest BCUT2D eigenvalue weighted by Gasteiger charge is -2.34. The summed E-state index contributed by atoms with van der Waals surface area (Å²) < 4.78 is 0. The van der Waals surface area contributed by atoms with E-state index >= 15 is 0 Å². The Morgan fingerprint density at radius 1 is 0.956 bits per heavy atom. The Bertz CT molecular complexity index is 1950. The molecule has 1 aliphatic carbocycles. The minimum absolute atomic E-state index is 0.197. The first-order chi connectivity index (χ1) is 22.0. The van der Waals surface area contributed by atoms with Crippen LogP contribution < -0.4 is 15.6 Å². The van der Waals surface area contributed by atoms with E-state index in [2.05, 4.69) is 75.3 Å². The molecule has 1 atom stereocenters. The van der Waals surface area contributed by atoms with Crippen molar-refractivity contribution in [2.45, 2.75) is 31.7 Å². The maximum Gasteiger partial charge on any atom is 0.222 e. The number of benzene rings is 3. The molecule has 4 heterocycles. The van der Waals surface area contributed by atoms with Crippen LogP contribution in [0.1, 0.15) is 47.1 Å². The van der Waals surface area contributed by atoms with Gasteiger partial charge in [0, 0.05) is 54.1 Å². The number of hydrogen-bond donors (Lipinski definition) is 2. The summed E-state index contributed by atoms with van der Waals surface area (Å²) in [5.74, 6) is 0.839. The highest BCUT2D eigenvalue weighted by Gasteiger charge is 2.30. The standard InChI is InChI=1S/C36H36N8O/c1-22-28(4-3-5-32(22)44-33(21-45)29-13-10-25(23-6-7-23)18-26(29)20-38-44)34-30-19-31(39-35(30)41-36(37)40-34)24-8-11-27(12-9-24)43-16-14-42(2)15-17-43/h3-5,8-13,18-21,23,33H,6-7,14-17H2,1-2H3,(H3,37,39,40,41). The second-order valence-electron chi connectivity index (χ2n) is 12.5. The first kappa shape index (κ1) is 27.5. The van der Waals surface area contributed by atoms with Gasteiger partial charge < -0.3 is 25.3 Å². The number of fused-ring (bicyclic) bond motifs is 2. The molecule has 3 aliphatic rings. The number of aromatic nitrogens is 3. The van der Waals surface area contributed by atoms with Gasteiger partial charge in [0.2, 0.25) is 5.95 Å². The predicted molar refractivity (Wildman–Crippen MR) is 181 cm³/mol. The maximum absolute atomic E-state index is 12.5. The van der Waals surface area contributed by atoms with E-state index in [0.29, 0.717) is 11.6 Å². The zero-order valence-corrected chi connectivity index (χ0v) is 25.6. The second-order valence-corrected chi connectivity index (χ2v) is 12.5. The third-order valence-electron chi connectivity index (χ3n) is 9.55. The van der Waals surface area contributed by atoms with Crippen molar-refractivity contribution in [2.75, 3.05) is 48.9 Å². The Kier molecular flexibility index (Phi) is 6.64. The fraction of sp³-hybridized carbons (Fsp3) is 0.278. The summed E-state index contributed by atoms with van der Waals surface area (Å²) in [5, 5.41) is 7.49. The number of nitrogens with one attached hydrogen (secondary N) is 1. The molecule has 0 spiro atoms. The third-order valence-corrected chi connectivity index (χ3v) is 9.55. The number of aldehydes is 1. The topological polar surface area (TPSA) is 107 Å². The largest absolute Gasteiger partial charge is 0.369 e. The van der Waals surface area contributed by atoms with Gasteiger partial charge in [-0.3, -0.25) is 5.01 Å². The Hall–Kier alpha value is -5.02. The number of nitrogens with zero attached hydrogens (tertiary/aromatic N) is 6. The van der Waals surface area contributed by atoms with E-state index in [0.717, 1.165) is 82.7 Å². The van der Waals surface area contributed by atoms with Crippen LogP contribution in [0.3, 0.4) is 0 Å². The molecule has 2 aromatic heterocycles. The molecule has 5 aromatic rings. The van der Waals surface area contributed by atoms with E-state index in [-0.39, 0.29) is 5.95 Å². The van der Waals surface area contributed by atoms with Crippen molar-refractivity contribution in [3.8, 4) is 22.5 Å². The monoisotopic (exact) mass is 596 g/mol. The van der Waals surface area contributed by atoms with Crippen molar-refractivity contribution >= 4 is 40.9 Å². The molecular formula is C36H36N8O. The average Bonchev–Trinajstić information content (AvgIpc) is 3.83. The van der Waals surface area contributed by atoms with Gasteiger partial charge in [-0.25, -0.2) is 4.98 Å². The van der Waals surface area contributed by atoms with Crippen molar-refractivity contribution < 1.29 is 4.79 Å². The minimum Gasteiger partial charge on any atom is -0.369 e. The number of anilines is 3. The summed E-state index contributed by atoms with van der Waals surface area (Å²) in [6.45, 7) is 6.25. The van der Waals surface area contributed by atoms with Crippen LogP contribution in [0.15, 0.2) is 71.8 Å². The number of rotatable bonds is 6. The van der Waals surface area contributed by atoms with Crippen molar-refractivity contribution in [3.05, 3.63) is 89.0 Å². The van der Waals surface area contributed by atoms with Crippen LogP contribution >= 0.6 is 0 Å². The lowest BCUT2D eigenvalue weighted by molar-refractivity contribution is -0.109. The van der Waals surface area contributed by atoms with Gasteiger partial charge in [-0.2, -0.15) is 10.1 Å². The number of carbonyl (C=O) groups excluding carboxylic acids is 1. The molecule has 2 aliphatic heterocycles. The second kappa shape index (κ2) is 10.9. The van der Waals surface area contributed by atoms with E-state index < -0.39 is 6.04 Å². The summed E-state index contributed by atoms with van der Waals surface area (Å²) in [5.41, 5.74) is 17.0. The molecule has 3 N–H and O–H groups in total. The van der Waals surface area contributed by atoms with Crippen LogP contribution in [0.2, 0.25) is 0 Å². The molecule has 2 fully saturated rings. The molecule has 1 saturated heterocycles. The molecule has 9 nitrogen and oxygen atoms in total. The van der Waals surface area contributed by atoms with Crippen molar-refractivity contribution in [2.24, 2.45) is 5.10 Å². The highest BCUT2D eigenvalue weighted by molar-refractivity contribution is 5.97. The summed E-state index contributed by atoms with van der Waals surface area (Å²) >= 11 is 0. The number of aromatic amines is 1. The molecule has 8 rings (SSSR count). The van der Waals surface area contributed by atoms with E-state index in [4.69, 9.17) is 15.8 Å². The number of H-pyrrole nitrogens is 1. The smallest absolute Gasteiger partial charge is 0.222 e. The van der Waals surface area contributed by atoms with E-state index in [1.54, 1.807) is 0 Å². The summed E-state index contributed by atoms with van der Waals surface area (Å²) in [6, 6.07) is 22.7. The van der Waals surface area contributed by atoms with Crippen molar-refractivity contribution in [1.29, 1.82) is 0 Å². The molecule has 45 heavy (non-hydrogen) atoms. The van der Waals surface area contributed by atoms with Gasteiger partial charge in [0.1, 0.15) is 18.0 Å². The maximum atomic E-state index is 12.5. The van der Waals surface area contributed by atoms with Gasteiger partial charge in [0.15, 0.2) is 0 Å². The molecule has 0 radical (unpaired) electrons. The summed E-state index contributed by atoms with van der Waals surface area (Å²) in [4.78, 5) is 30.1. The van der Waals surface area contributed by atoms with E-state index in [1.807, 2.05) is 36.3 Å². The van der Waals surface area contributed by atoms with E-state index in [1.165, 1.54) is 24.1 Å². The van der Waals surface area contributed by atoms with Gasteiger partial charge in [0.25, 0.3) is 0 Å². The minimum atomic E-state index is -0.518. The van der Waals surface area contributed by atoms with Crippen LogP contribution in [0, 0.1) is 6.92 Å². The first-order valence-corrected chi connectivity index (χ1v) is 15.7. The highest BCUT2D eigenvalue weighted by atomic mass is 16.1. The Morgan fingerprint density at radius 2 is 1.76 bits per heavy atom. The highest BCUT2D eigenvalue weighted by Crippen LogP contribution is 2.43. The molecule has 0 amide bonds.